The summed E-state index contributed by atoms with van der Waals surface area (Å²) in [6.07, 6.45) is 0. The van der Waals surface area contributed by atoms with Crippen LogP contribution in [0.2, 0.25) is 0 Å². The van der Waals surface area contributed by atoms with Crippen molar-refractivity contribution < 1.29 is 17.9 Å². The minimum Gasteiger partial charge on any atom is -0.459 e. The second-order valence-corrected chi connectivity index (χ2v) is 11.1. The molecule has 0 aliphatic rings. The Bertz CT molecular complexity index is 946. The van der Waals surface area contributed by atoms with Crippen LogP contribution in [0.5, 0.6) is 0 Å². The predicted molar refractivity (Wildman–Crippen MR) is 117 cm³/mol. The molecule has 0 saturated carbocycles. The van der Waals surface area contributed by atoms with Crippen molar-refractivity contribution >= 4 is 27.8 Å². The lowest BCUT2D eigenvalue weighted by molar-refractivity contribution is -0.158. The molecule has 0 aliphatic carbocycles. The second-order valence-electron chi connectivity index (χ2n) is 8.27. The van der Waals surface area contributed by atoms with Crippen LogP contribution in [-0.4, -0.2) is 26.0 Å². The minimum absolute atomic E-state index is 0.111. The van der Waals surface area contributed by atoms with Crippen LogP contribution >= 0.6 is 11.8 Å². The van der Waals surface area contributed by atoms with Gasteiger partial charge < -0.3 is 4.74 Å². The zero-order valence-electron chi connectivity index (χ0n) is 17.7. The van der Waals surface area contributed by atoms with E-state index in [-0.39, 0.29) is 10.8 Å². The number of nitrogens with one attached hydrogen (secondary N) is 1. The number of ether oxygens (including phenoxy) is 1. The highest BCUT2D eigenvalue weighted by Crippen LogP contribution is 2.29. The van der Waals surface area contributed by atoms with Crippen molar-refractivity contribution in [3.05, 3.63) is 54.1 Å². The van der Waals surface area contributed by atoms with Gasteiger partial charge in [0.25, 0.3) is 0 Å². The Labute approximate surface area is 178 Å². The fraction of sp³-hybridized carbons (Fsp3) is 0.409. The van der Waals surface area contributed by atoms with Crippen LogP contribution in [0, 0.1) is 12.8 Å². The van der Waals surface area contributed by atoms with Crippen LogP contribution in [-0.2, 0) is 19.6 Å². The molecule has 0 radical (unpaired) electrons. The summed E-state index contributed by atoms with van der Waals surface area (Å²) in [5.74, 6) is -0.835. The number of esters is 1. The van der Waals surface area contributed by atoms with E-state index in [0.717, 1.165) is 9.79 Å². The molecule has 0 spiro atoms. The van der Waals surface area contributed by atoms with Gasteiger partial charge in [0.15, 0.2) is 0 Å². The van der Waals surface area contributed by atoms with E-state index in [0.29, 0.717) is 0 Å². The molecule has 1 atom stereocenters. The molecule has 2 rings (SSSR count). The van der Waals surface area contributed by atoms with Gasteiger partial charge in [-0.1, -0.05) is 43.3 Å². The number of sulfonamides is 1. The number of rotatable bonds is 7. The van der Waals surface area contributed by atoms with Gasteiger partial charge in [-0.25, -0.2) is 8.42 Å². The van der Waals surface area contributed by atoms with E-state index in [4.69, 9.17) is 4.74 Å². The minimum atomic E-state index is -3.86. The normalized spacial score (nSPS) is 13.3. The van der Waals surface area contributed by atoms with Crippen molar-refractivity contribution in [3.63, 3.8) is 0 Å². The third-order valence-corrected chi connectivity index (χ3v) is 6.42. The average Bonchev–Trinajstić information content (AvgIpc) is 2.58. The summed E-state index contributed by atoms with van der Waals surface area (Å²) in [6.45, 7) is 10.8. The van der Waals surface area contributed by atoms with E-state index >= 15 is 0 Å². The molecule has 0 aliphatic heterocycles. The lowest BCUT2D eigenvalue weighted by Gasteiger charge is -2.26. The van der Waals surface area contributed by atoms with Gasteiger partial charge in [-0.3, -0.25) is 4.79 Å². The predicted octanol–water partition coefficient (Wildman–Crippen LogP) is 4.79. The Morgan fingerprint density at radius 3 is 2.17 bits per heavy atom. The standard InChI is InChI=1S/C22H29NO4S2/c1-15(2)20(21(24)27-22(4,5)6)23-29(25,26)19-12-10-17(11-13-19)28-18-9-7-8-16(3)14-18/h7-15,20,23H,1-6H3/t20-/m1/s1. The lowest BCUT2D eigenvalue weighted by atomic mass is 10.1. The number of aryl methyl sites for hydroxylation is 1. The molecule has 0 heterocycles. The van der Waals surface area contributed by atoms with Gasteiger partial charge in [0.1, 0.15) is 11.6 Å². The van der Waals surface area contributed by atoms with Crippen LogP contribution in [0.4, 0.5) is 0 Å². The topological polar surface area (TPSA) is 72.5 Å². The summed E-state index contributed by atoms with van der Waals surface area (Å²) in [7, 11) is -3.86. The van der Waals surface area contributed by atoms with Gasteiger partial charge in [0, 0.05) is 9.79 Å². The Hall–Kier alpha value is -1.83. The smallest absolute Gasteiger partial charge is 0.324 e. The molecule has 0 bridgehead atoms. The summed E-state index contributed by atoms with van der Waals surface area (Å²) >= 11 is 1.56. The first kappa shape index (κ1) is 23.4. The van der Waals surface area contributed by atoms with Gasteiger partial charge in [-0.05, 0) is 70.0 Å². The van der Waals surface area contributed by atoms with Crippen molar-refractivity contribution in [2.24, 2.45) is 5.92 Å². The van der Waals surface area contributed by atoms with Crippen molar-refractivity contribution in [1.29, 1.82) is 0 Å². The van der Waals surface area contributed by atoms with E-state index < -0.39 is 27.6 Å². The molecule has 0 saturated heterocycles. The zero-order valence-corrected chi connectivity index (χ0v) is 19.4. The first-order chi connectivity index (χ1) is 13.4. The maximum Gasteiger partial charge on any atom is 0.324 e. The van der Waals surface area contributed by atoms with Crippen LogP contribution in [0.1, 0.15) is 40.2 Å². The molecule has 0 fully saturated rings. The molecule has 7 heteroatoms. The Morgan fingerprint density at radius 2 is 1.66 bits per heavy atom. The molecule has 5 nitrogen and oxygen atoms in total. The van der Waals surface area contributed by atoms with Gasteiger partial charge >= 0.3 is 5.97 Å². The number of carbonyl (C=O) groups excluding carboxylic acids is 1. The summed E-state index contributed by atoms with van der Waals surface area (Å²) in [4.78, 5) is 14.6. The lowest BCUT2D eigenvalue weighted by Crippen LogP contribution is -2.47. The second kappa shape index (κ2) is 9.32. The SMILES string of the molecule is Cc1cccc(Sc2ccc(S(=O)(=O)N[C@@H](C(=O)OC(C)(C)C)C(C)C)cc2)c1. The van der Waals surface area contributed by atoms with Crippen LogP contribution in [0.15, 0.2) is 63.2 Å². The summed E-state index contributed by atoms with van der Waals surface area (Å²) < 4.78 is 33.5. The van der Waals surface area contributed by atoms with Crippen molar-refractivity contribution in [2.45, 2.75) is 67.9 Å². The van der Waals surface area contributed by atoms with Crippen LogP contribution < -0.4 is 4.72 Å². The quantitative estimate of drug-likeness (QED) is 0.633. The molecule has 2 aromatic carbocycles. The van der Waals surface area contributed by atoms with Gasteiger partial charge in [0.05, 0.1) is 4.90 Å². The molecular formula is C22H29NO4S2. The van der Waals surface area contributed by atoms with Gasteiger partial charge in [-0.15, -0.1) is 0 Å². The van der Waals surface area contributed by atoms with E-state index in [9.17, 15) is 13.2 Å². The van der Waals surface area contributed by atoms with Crippen molar-refractivity contribution in [2.75, 3.05) is 0 Å². The van der Waals surface area contributed by atoms with Crippen LogP contribution in [0.25, 0.3) is 0 Å². The number of benzene rings is 2. The largest absolute Gasteiger partial charge is 0.459 e. The van der Waals surface area contributed by atoms with Gasteiger partial charge in [-0.2, -0.15) is 4.72 Å². The highest BCUT2D eigenvalue weighted by atomic mass is 32.2. The van der Waals surface area contributed by atoms with Crippen molar-refractivity contribution in [1.82, 2.24) is 4.72 Å². The number of hydrogen-bond donors (Lipinski definition) is 1. The third kappa shape index (κ3) is 7.17. The first-order valence-electron chi connectivity index (χ1n) is 9.47. The van der Waals surface area contributed by atoms with E-state index in [1.807, 2.05) is 25.1 Å². The molecule has 29 heavy (non-hydrogen) atoms. The maximum atomic E-state index is 12.8. The average molecular weight is 436 g/mol. The number of carbonyl (C=O) groups is 1. The van der Waals surface area contributed by atoms with Crippen molar-refractivity contribution in [3.8, 4) is 0 Å². The highest BCUT2D eigenvalue weighted by Gasteiger charge is 2.32. The fourth-order valence-corrected chi connectivity index (χ4v) is 4.83. The molecule has 0 aromatic heterocycles. The van der Waals surface area contributed by atoms with Gasteiger partial charge in [0.2, 0.25) is 10.0 Å². The highest BCUT2D eigenvalue weighted by molar-refractivity contribution is 7.99. The summed E-state index contributed by atoms with van der Waals surface area (Å²) in [6, 6.07) is 13.8. The molecule has 158 valence electrons. The molecular weight excluding hydrogens is 406 g/mol. The Balaban J connectivity index is 2.16. The molecule has 0 unspecified atom stereocenters. The summed E-state index contributed by atoms with van der Waals surface area (Å²) in [5, 5.41) is 0. The fourth-order valence-electron chi connectivity index (χ4n) is 2.56. The summed E-state index contributed by atoms with van der Waals surface area (Å²) in [5.41, 5.74) is 0.477. The van der Waals surface area contributed by atoms with E-state index in [1.54, 1.807) is 70.6 Å². The molecule has 1 N–H and O–H groups in total. The number of hydrogen-bond acceptors (Lipinski definition) is 5. The monoisotopic (exact) mass is 435 g/mol. The third-order valence-electron chi connectivity index (χ3n) is 3.97. The maximum absolute atomic E-state index is 12.8. The molecule has 0 amide bonds. The van der Waals surface area contributed by atoms with Crippen LogP contribution in [0.3, 0.4) is 0 Å². The Morgan fingerprint density at radius 1 is 1.03 bits per heavy atom. The van der Waals surface area contributed by atoms with E-state index in [2.05, 4.69) is 10.8 Å². The zero-order chi connectivity index (χ0) is 21.8. The van der Waals surface area contributed by atoms with E-state index in [1.165, 1.54) is 5.56 Å². The first-order valence-corrected chi connectivity index (χ1v) is 11.8. The molecule has 2 aromatic rings. The Kier molecular flexibility index (Phi) is 7.54.